The zero-order valence-electron chi connectivity index (χ0n) is 15.3. The third-order valence-electron chi connectivity index (χ3n) is 3.45. The number of hydrogen-bond donors (Lipinski definition) is 1. The molecule has 0 aliphatic rings. The fourth-order valence-electron chi connectivity index (χ4n) is 2.30. The highest BCUT2D eigenvalue weighted by molar-refractivity contribution is 5.92. The molecule has 0 aromatic heterocycles. The average molecular weight is 375 g/mol. The molecule has 0 spiro atoms. The minimum atomic E-state index is -0.545. The second kappa shape index (κ2) is 10.2. The van der Waals surface area contributed by atoms with E-state index in [1.807, 2.05) is 13.8 Å². The number of esters is 1. The van der Waals surface area contributed by atoms with Gasteiger partial charge >= 0.3 is 5.97 Å². The monoisotopic (exact) mass is 375 g/mol. The highest BCUT2D eigenvalue weighted by Gasteiger charge is 2.12. The molecule has 0 fully saturated rings. The SMILES string of the molecule is CCOc1ccc(CC(=O)OCC(=O)Nc2ccc(F)cc2)cc1OCC. The summed E-state index contributed by atoms with van der Waals surface area (Å²) in [7, 11) is 0. The van der Waals surface area contributed by atoms with Gasteiger partial charge in [-0.15, -0.1) is 0 Å². The van der Waals surface area contributed by atoms with Gasteiger partial charge in [-0.1, -0.05) is 6.07 Å². The van der Waals surface area contributed by atoms with Gasteiger partial charge in [0.2, 0.25) is 0 Å². The molecule has 0 aliphatic carbocycles. The van der Waals surface area contributed by atoms with E-state index in [2.05, 4.69) is 5.32 Å². The standard InChI is InChI=1S/C20H22FNO5/c1-3-25-17-10-5-14(11-18(17)26-4-2)12-20(24)27-13-19(23)22-16-8-6-15(21)7-9-16/h5-11H,3-4,12-13H2,1-2H3,(H,22,23). The molecule has 2 rings (SSSR count). The van der Waals surface area contributed by atoms with Crippen molar-refractivity contribution in [1.29, 1.82) is 0 Å². The highest BCUT2D eigenvalue weighted by atomic mass is 19.1. The fourth-order valence-corrected chi connectivity index (χ4v) is 2.30. The Labute approximate surface area is 157 Å². The molecule has 144 valence electrons. The molecular weight excluding hydrogens is 353 g/mol. The van der Waals surface area contributed by atoms with Crippen LogP contribution in [0.3, 0.4) is 0 Å². The summed E-state index contributed by atoms with van der Waals surface area (Å²) in [5.74, 6) is -0.289. The van der Waals surface area contributed by atoms with E-state index in [0.717, 1.165) is 0 Å². The van der Waals surface area contributed by atoms with Crippen LogP contribution in [0, 0.1) is 5.82 Å². The van der Waals surface area contributed by atoms with Crippen LogP contribution < -0.4 is 14.8 Å². The molecule has 0 unspecified atom stereocenters. The fraction of sp³-hybridized carbons (Fsp3) is 0.300. The van der Waals surface area contributed by atoms with Gasteiger partial charge in [0, 0.05) is 5.69 Å². The Balaban J connectivity index is 1.86. The average Bonchev–Trinajstić information content (AvgIpc) is 2.64. The zero-order valence-corrected chi connectivity index (χ0v) is 15.3. The van der Waals surface area contributed by atoms with Crippen molar-refractivity contribution in [1.82, 2.24) is 0 Å². The van der Waals surface area contributed by atoms with Crippen molar-refractivity contribution in [2.45, 2.75) is 20.3 Å². The van der Waals surface area contributed by atoms with E-state index < -0.39 is 24.3 Å². The maximum Gasteiger partial charge on any atom is 0.310 e. The Hall–Kier alpha value is -3.09. The first-order valence-electron chi connectivity index (χ1n) is 8.61. The zero-order chi connectivity index (χ0) is 19.6. The van der Waals surface area contributed by atoms with Crippen LogP contribution in [0.1, 0.15) is 19.4 Å². The van der Waals surface area contributed by atoms with Gasteiger partial charge in [-0.3, -0.25) is 9.59 Å². The number of rotatable bonds is 9. The van der Waals surface area contributed by atoms with E-state index in [1.54, 1.807) is 18.2 Å². The van der Waals surface area contributed by atoms with E-state index in [0.29, 0.717) is 36.0 Å². The van der Waals surface area contributed by atoms with Crippen LogP contribution in [0.15, 0.2) is 42.5 Å². The molecule has 0 atom stereocenters. The van der Waals surface area contributed by atoms with Crippen LogP contribution in [0.2, 0.25) is 0 Å². The molecule has 7 heteroatoms. The van der Waals surface area contributed by atoms with Gasteiger partial charge in [-0.05, 0) is 55.8 Å². The highest BCUT2D eigenvalue weighted by Crippen LogP contribution is 2.28. The van der Waals surface area contributed by atoms with Crippen molar-refractivity contribution in [3.63, 3.8) is 0 Å². The third-order valence-corrected chi connectivity index (χ3v) is 3.45. The molecule has 2 aromatic carbocycles. The van der Waals surface area contributed by atoms with Crippen LogP contribution in [0.4, 0.5) is 10.1 Å². The lowest BCUT2D eigenvalue weighted by atomic mass is 10.1. The number of nitrogens with one attached hydrogen (secondary N) is 1. The van der Waals surface area contributed by atoms with Crippen LogP contribution in [0.5, 0.6) is 11.5 Å². The molecule has 0 heterocycles. The minimum Gasteiger partial charge on any atom is -0.490 e. The first-order chi connectivity index (χ1) is 13.0. The Bertz CT molecular complexity index is 776. The van der Waals surface area contributed by atoms with E-state index in [4.69, 9.17) is 14.2 Å². The van der Waals surface area contributed by atoms with E-state index in [-0.39, 0.29) is 6.42 Å². The van der Waals surface area contributed by atoms with Crippen LogP contribution in [0.25, 0.3) is 0 Å². The van der Waals surface area contributed by atoms with Crippen LogP contribution >= 0.6 is 0 Å². The molecule has 0 aliphatic heterocycles. The van der Waals surface area contributed by atoms with Crippen LogP contribution in [-0.4, -0.2) is 31.7 Å². The maximum absolute atomic E-state index is 12.8. The van der Waals surface area contributed by atoms with Gasteiger partial charge < -0.3 is 19.5 Å². The van der Waals surface area contributed by atoms with Gasteiger partial charge in [0.1, 0.15) is 5.82 Å². The number of amides is 1. The number of carbonyl (C=O) groups is 2. The Morgan fingerprint density at radius 3 is 2.30 bits per heavy atom. The summed E-state index contributed by atoms with van der Waals surface area (Å²) >= 11 is 0. The Morgan fingerprint density at radius 2 is 1.63 bits per heavy atom. The summed E-state index contributed by atoms with van der Waals surface area (Å²) in [5.41, 5.74) is 1.11. The van der Waals surface area contributed by atoms with Crippen LogP contribution in [-0.2, 0) is 20.7 Å². The molecule has 2 aromatic rings. The normalized spacial score (nSPS) is 10.2. The molecule has 0 saturated heterocycles. The molecular formula is C20H22FNO5. The van der Waals surface area contributed by atoms with E-state index >= 15 is 0 Å². The lowest BCUT2D eigenvalue weighted by Crippen LogP contribution is -2.21. The molecule has 27 heavy (non-hydrogen) atoms. The third kappa shape index (κ3) is 6.62. The number of ether oxygens (including phenoxy) is 3. The number of carbonyl (C=O) groups excluding carboxylic acids is 2. The quantitative estimate of drug-likeness (QED) is 0.681. The Kier molecular flexibility index (Phi) is 7.61. The van der Waals surface area contributed by atoms with Crippen molar-refractivity contribution < 1.29 is 28.2 Å². The number of halogens is 1. The lowest BCUT2D eigenvalue weighted by Gasteiger charge is -2.12. The summed E-state index contributed by atoms with van der Waals surface area (Å²) in [4.78, 5) is 23.8. The number of anilines is 1. The molecule has 1 N–H and O–H groups in total. The van der Waals surface area contributed by atoms with Crippen molar-refractivity contribution in [3.8, 4) is 11.5 Å². The Morgan fingerprint density at radius 1 is 0.963 bits per heavy atom. The predicted molar refractivity (Wildman–Crippen MR) is 98.5 cm³/mol. The smallest absolute Gasteiger partial charge is 0.310 e. The summed E-state index contributed by atoms with van der Waals surface area (Å²) in [6, 6.07) is 10.5. The number of benzene rings is 2. The topological polar surface area (TPSA) is 73.9 Å². The van der Waals surface area contributed by atoms with Gasteiger partial charge in [0.15, 0.2) is 18.1 Å². The van der Waals surface area contributed by atoms with E-state index in [9.17, 15) is 14.0 Å². The first kappa shape index (κ1) is 20.2. The molecule has 0 radical (unpaired) electrons. The molecule has 1 amide bonds. The van der Waals surface area contributed by atoms with Gasteiger partial charge in [-0.25, -0.2) is 4.39 Å². The summed E-state index contributed by atoms with van der Waals surface area (Å²) < 4.78 is 28.8. The van der Waals surface area contributed by atoms with Crippen molar-refractivity contribution in [2.75, 3.05) is 25.1 Å². The number of hydrogen-bond acceptors (Lipinski definition) is 5. The van der Waals surface area contributed by atoms with Gasteiger partial charge in [0.05, 0.1) is 19.6 Å². The summed E-state index contributed by atoms with van der Waals surface area (Å²) in [6.45, 7) is 4.28. The second-order valence-corrected chi connectivity index (χ2v) is 5.54. The molecule has 0 bridgehead atoms. The molecule has 6 nitrogen and oxygen atoms in total. The lowest BCUT2D eigenvalue weighted by molar-refractivity contribution is -0.146. The van der Waals surface area contributed by atoms with Crippen molar-refractivity contribution >= 4 is 17.6 Å². The first-order valence-corrected chi connectivity index (χ1v) is 8.61. The summed E-state index contributed by atoms with van der Waals surface area (Å²) in [6.07, 6.45) is -0.00366. The maximum atomic E-state index is 12.8. The van der Waals surface area contributed by atoms with Crippen molar-refractivity contribution in [3.05, 3.63) is 53.8 Å². The minimum absolute atomic E-state index is 0.00366. The van der Waals surface area contributed by atoms with E-state index in [1.165, 1.54) is 24.3 Å². The second-order valence-electron chi connectivity index (χ2n) is 5.54. The van der Waals surface area contributed by atoms with Gasteiger partial charge in [0.25, 0.3) is 5.91 Å². The van der Waals surface area contributed by atoms with Gasteiger partial charge in [-0.2, -0.15) is 0 Å². The predicted octanol–water partition coefficient (Wildman–Crippen LogP) is 3.35. The largest absolute Gasteiger partial charge is 0.490 e. The summed E-state index contributed by atoms with van der Waals surface area (Å²) in [5, 5.41) is 2.52. The van der Waals surface area contributed by atoms with Crippen molar-refractivity contribution in [2.24, 2.45) is 0 Å². The molecule has 0 saturated carbocycles.